The molecule has 0 aliphatic heterocycles. The van der Waals surface area contributed by atoms with Crippen LogP contribution in [0.5, 0.6) is 0 Å². The number of para-hydroxylation sites is 1. The molecule has 4 heteroatoms. The van der Waals surface area contributed by atoms with Crippen molar-refractivity contribution in [1.82, 2.24) is 14.8 Å². The molecule has 0 aliphatic rings. The van der Waals surface area contributed by atoms with E-state index in [4.69, 9.17) is 5.73 Å². The van der Waals surface area contributed by atoms with Crippen molar-refractivity contribution in [3.05, 3.63) is 60.9 Å². The Morgan fingerprint density at radius 3 is 2.80 bits per heavy atom. The van der Waals surface area contributed by atoms with Crippen molar-refractivity contribution in [3.63, 3.8) is 0 Å². The second-order valence-electron chi connectivity index (χ2n) is 4.72. The minimum atomic E-state index is 0.738. The molecule has 4 rings (SSSR count). The average molecular weight is 260 g/mol. The summed E-state index contributed by atoms with van der Waals surface area (Å²) in [5, 5.41) is 6.48. The first-order valence-corrected chi connectivity index (χ1v) is 6.40. The summed E-state index contributed by atoms with van der Waals surface area (Å²) in [7, 11) is 0. The lowest BCUT2D eigenvalue weighted by Gasteiger charge is -2.05. The van der Waals surface area contributed by atoms with E-state index in [1.807, 2.05) is 53.3 Å². The molecule has 2 aromatic heterocycles. The number of nitrogens with two attached hydrogens (primary N) is 1. The zero-order valence-corrected chi connectivity index (χ0v) is 10.7. The molecule has 20 heavy (non-hydrogen) atoms. The normalized spacial score (nSPS) is 11.2. The maximum Gasteiger partial charge on any atom is 0.0842 e. The van der Waals surface area contributed by atoms with Gasteiger partial charge in [-0.15, -0.1) is 0 Å². The van der Waals surface area contributed by atoms with Crippen LogP contribution in [0.25, 0.3) is 27.5 Å². The molecule has 0 fully saturated rings. The molecule has 0 amide bonds. The molecule has 0 radical (unpaired) electrons. The summed E-state index contributed by atoms with van der Waals surface area (Å²) in [6.07, 6.45) is 3.62. The molecule has 2 heterocycles. The largest absolute Gasteiger partial charge is 0.398 e. The zero-order chi connectivity index (χ0) is 13.5. The van der Waals surface area contributed by atoms with Crippen LogP contribution in [0.15, 0.2) is 60.9 Å². The fraction of sp³-hybridized carbons (Fsp3) is 0. The van der Waals surface area contributed by atoms with Crippen LogP contribution in [0.3, 0.4) is 0 Å². The number of benzene rings is 2. The number of fused-ring (bicyclic) bond motifs is 2. The topological polar surface area (TPSA) is 56.7 Å². The monoisotopic (exact) mass is 260 g/mol. The van der Waals surface area contributed by atoms with Crippen LogP contribution in [-0.4, -0.2) is 14.8 Å². The number of nitrogens with zero attached hydrogens (tertiary/aromatic N) is 3. The molecule has 0 unspecified atom stereocenters. The van der Waals surface area contributed by atoms with Crippen molar-refractivity contribution in [2.75, 3.05) is 5.73 Å². The van der Waals surface area contributed by atoms with E-state index in [0.717, 1.165) is 33.2 Å². The Balaban J connectivity index is 1.99. The van der Waals surface area contributed by atoms with Gasteiger partial charge in [-0.25, -0.2) is 4.68 Å². The van der Waals surface area contributed by atoms with Gasteiger partial charge in [0.05, 0.1) is 29.1 Å². The van der Waals surface area contributed by atoms with Gasteiger partial charge in [-0.2, -0.15) is 5.10 Å². The molecule has 96 valence electrons. The van der Waals surface area contributed by atoms with Crippen molar-refractivity contribution >= 4 is 27.5 Å². The molecule has 0 atom stereocenters. The molecule has 2 aromatic carbocycles. The maximum absolute atomic E-state index is 5.97. The van der Waals surface area contributed by atoms with Crippen LogP contribution in [0.2, 0.25) is 0 Å². The van der Waals surface area contributed by atoms with Crippen molar-refractivity contribution in [3.8, 4) is 5.69 Å². The van der Waals surface area contributed by atoms with Crippen molar-refractivity contribution in [2.24, 2.45) is 0 Å². The van der Waals surface area contributed by atoms with E-state index >= 15 is 0 Å². The first-order valence-electron chi connectivity index (χ1n) is 6.40. The Morgan fingerprint density at radius 2 is 1.85 bits per heavy atom. The molecular weight excluding hydrogens is 248 g/mol. The quantitative estimate of drug-likeness (QED) is 0.535. The second kappa shape index (κ2) is 4.06. The number of hydrogen-bond acceptors (Lipinski definition) is 3. The van der Waals surface area contributed by atoms with Gasteiger partial charge >= 0.3 is 0 Å². The summed E-state index contributed by atoms with van der Waals surface area (Å²) in [6.45, 7) is 0. The first-order chi connectivity index (χ1) is 9.83. The predicted octanol–water partition coefficient (Wildman–Crippen LogP) is 3.16. The molecule has 0 spiro atoms. The van der Waals surface area contributed by atoms with Crippen LogP contribution >= 0.6 is 0 Å². The van der Waals surface area contributed by atoms with E-state index in [2.05, 4.69) is 16.1 Å². The molecule has 4 aromatic rings. The SMILES string of the molecule is Nc1cccc2c1cnn2-c1cnc2ccccc2c1. The van der Waals surface area contributed by atoms with E-state index < -0.39 is 0 Å². The molecule has 0 aliphatic carbocycles. The van der Waals surface area contributed by atoms with E-state index in [0.29, 0.717) is 0 Å². The highest BCUT2D eigenvalue weighted by atomic mass is 15.3. The van der Waals surface area contributed by atoms with Gasteiger partial charge in [0.25, 0.3) is 0 Å². The summed E-state index contributed by atoms with van der Waals surface area (Å²) in [5.41, 5.74) is 9.61. The van der Waals surface area contributed by atoms with Gasteiger partial charge in [0.1, 0.15) is 0 Å². The number of anilines is 1. The average Bonchev–Trinajstić information content (AvgIpc) is 2.92. The number of hydrogen-bond donors (Lipinski definition) is 1. The lowest BCUT2D eigenvalue weighted by Crippen LogP contribution is -1.97. The van der Waals surface area contributed by atoms with Crippen LogP contribution in [0, 0.1) is 0 Å². The second-order valence-corrected chi connectivity index (χ2v) is 4.72. The van der Waals surface area contributed by atoms with E-state index in [9.17, 15) is 0 Å². The van der Waals surface area contributed by atoms with Crippen LogP contribution in [0.4, 0.5) is 5.69 Å². The van der Waals surface area contributed by atoms with Gasteiger partial charge in [-0.05, 0) is 24.3 Å². The van der Waals surface area contributed by atoms with E-state index in [-0.39, 0.29) is 0 Å². The maximum atomic E-state index is 5.97. The third-order valence-corrected chi connectivity index (χ3v) is 3.47. The minimum absolute atomic E-state index is 0.738. The number of nitrogen functional groups attached to an aromatic ring is 1. The summed E-state index contributed by atoms with van der Waals surface area (Å²) >= 11 is 0. The highest BCUT2D eigenvalue weighted by Gasteiger charge is 2.07. The van der Waals surface area contributed by atoms with Gasteiger partial charge in [0.15, 0.2) is 0 Å². The number of aromatic nitrogens is 3. The lowest BCUT2D eigenvalue weighted by molar-refractivity contribution is 0.906. The lowest BCUT2D eigenvalue weighted by atomic mass is 10.2. The van der Waals surface area contributed by atoms with Gasteiger partial charge in [-0.3, -0.25) is 4.98 Å². The fourth-order valence-electron chi connectivity index (χ4n) is 2.45. The molecule has 0 saturated heterocycles. The van der Waals surface area contributed by atoms with Gasteiger partial charge in [0, 0.05) is 16.5 Å². The molecule has 4 nitrogen and oxygen atoms in total. The van der Waals surface area contributed by atoms with Crippen LogP contribution in [-0.2, 0) is 0 Å². The predicted molar refractivity (Wildman–Crippen MR) is 80.8 cm³/mol. The fourth-order valence-corrected chi connectivity index (χ4v) is 2.45. The van der Waals surface area contributed by atoms with Crippen molar-refractivity contribution in [1.29, 1.82) is 0 Å². The molecule has 0 bridgehead atoms. The number of rotatable bonds is 1. The Labute approximate surface area is 115 Å². The summed E-state index contributed by atoms with van der Waals surface area (Å²) in [5.74, 6) is 0. The summed E-state index contributed by atoms with van der Waals surface area (Å²) in [4.78, 5) is 4.47. The van der Waals surface area contributed by atoms with Crippen molar-refractivity contribution < 1.29 is 0 Å². The highest BCUT2D eigenvalue weighted by molar-refractivity contribution is 5.91. The van der Waals surface area contributed by atoms with E-state index in [1.165, 1.54) is 0 Å². The van der Waals surface area contributed by atoms with Crippen LogP contribution < -0.4 is 5.73 Å². The van der Waals surface area contributed by atoms with Crippen LogP contribution in [0.1, 0.15) is 0 Å². The Morgan fingerprint density at radius 1 is 0.950 bits per heavy atom. The van der Waals surface area contributed by atoms with Gasteiger partial charge in [0.2, 0.25) is 0 Å². The molecule has 0 saturated carbocycles. The summed E-state index contributed by atoms with van der Waals surface area (Å²) in [6, 6.07) is 15.9. The molecular formula is C16H12N4. The smallest absolute Gasteiger partial charge is 0.0842 e. The van der Waals surface area contributed by atoms with Gasteiger partial charge in [-0.1, -0.05) is 24.3 Å². The van der Waals surface area contributed by atoms with Gasteiger partial charge < -0.3 is 5.73 Å². The standard InChI is InChI=1S/C16H12N4/c17-14-5-3-7-16-13(14)10-19-20(16)12-8-11-4-1-2-6-15(11)18-9-12/h1-10H,17H2. The Hall–Kier alpha value is -2.88. The Bertz CT molecular complexity index is 924. The highest BCUT2D eigenvalue weighted by Crippen LogP contribution is 2.24. The minimum Gasteiger partial charge on any atom is -0.398 e. The third-order valence-electron chi connectivity index (χ3n) is 3.47. The van der Waals surface area contributed by atoms with E-state index in [1.54, 1.807) is 6.20 Å². The Kier molecular flexibility index (Phi) is 2.23. The zero-order valence-electron chi connectivity index (χ0n) is 10.7. The third kappa shape index (κ3) is 1.55. The summed E-state index contributed by atoms with van der Waals surface area (Å²) < 4.78 is 1.87. The van der Waals surface area contributed by atoms with Crippen molar-refractivity contribution in [2.45, 2.75) is 0 Å². The first kappa shape index (κ1) is 11.0. The molecule has 2 N–H and O–H groups in total. The number of pyridine rings is 1.